The van der Waals surface area contributed by atoms with Gasteiger partial charge in [0.25, 0.3) is 0 Å². The van der Waals surface area contributed by atoms with Crippen LogP contribution in [-0.4, -0.2) is 28.7 Å². The van der Waals surface area contributed by atoms with Crippen molar-refractivity contribution >= 4 is 10.4 Å². The van der Waals surface area contributed by atoms with Crippen molar-refractivity contribution in [2.24, 2.45) is 5.92 Å². The minimum absolute atomic E-state index is 0.105. The molecule has 0 aliphatic heterocycles. The predicted molar refractivity (Wildman–Crippen MR) is 86.9 cm³/mol. The molecule has 6 heteroatoms. The zero-order valence-corrected chi connectivity index (χ0v) is 14.6. The summed E-state index contributed by atoms with van der Waals surface area (Å²) in [5.41, 5.74) is 0. The smallest absolute Gasteiger partial charge is 0.393 e. The summed E-state index contributed by atoms with van der Waals surface area (Å²) in [6.07, 6.45) is 13.1. The molecule has 0 saturated carbocycles. The van der Waals surface area contributed by atoms with Crippen molar-refractivity contribution in [1.82, 2.24) is 0 Å². The molecule has 0 aliphatic rings. The predicted octanol–water partition coefficient (Wildman–Crippen LogP) is 4.27. The fourth-order valence-electron chi connectivity index (χ4n) is 2.17. The zero-order valence-electron chi connectivity index (χ0n) is 13.8. The Hall–Kier alpha value is -0.170. The largest absolute Gasteiger partial charge is 0.394 e. The van der Waals surface area contributed by atoms with Gasteiger partial charge < -0.3 is 5.11 Å². The molecule has 0 bridgehead atoms. The van der Waals surface area contributed by atoms with Crippen LogP contribution in [0.25, 0.3) is 0 Å². The molecule has 0 aliphatic carbocycles. The second-order valence-corrected chi connectivity index (χ2v) is 6.79. The van der Waals surface area contributed by atoms with Gasteiger partial charge in [0.2, 0.25) is 0 Å². The first-order chi connectivity index (χ1) is 9.66. The van der Waals surface area contributed by atoms with E-state index in [9.17, 15) is 0 Å². The molecule has 0 rings (SSSR count). The van der Waals surface area contributed by atoms with E-state index in [2.05, 4.69) is 13.8 Å². The Morgan fingerprint density at radius 3 is 1.57 bits per heavy atom. The lowest BCUT2D eigenvalue weighted by molar-refractivity contribution is 0.180. The molecule has 21 heavy (non-hydrogen) atoms. The lowest BCUT2D eigenvalue weighted by Gasteiger charge is -2.11. The molecule has 2 atom stereocenters. The van der Waals surface area contributed by atoms with Crippen molar-refractivity contribution in [2.75, 3.05) is 0 Å². The van der Waals surface area contributed by atoms with E-state index in [0.29, 0.717) is 0 Å². The van der Waals surface area contributed by atoms with Crippen molar-refractivity contribution < 1.29 is 22.6 Å². The molecule has 130 valence electrons. The molecule has 0 aromatic rings. The number of hydrogen-bond acceptors (Lipinski definition) is 3. The quantitative estimate of drug-likeness (QED) is 0.389. The minimum Gasteiger partial charge on any atom is -0.393 e. The molecule has 0 radical (unpaired) electrons. The molecular weight excluding hydrogens is 292 g/mol. The normalized spacial score (nSPS) is 14.2. The van der Waals surface area contributed by atoms with E-state index in [1.807, 2.05) is 6.92 Å². The summed E-state index contributed by atoms with van der Waals surface area (Å²) in [6, 6.07) is 0. The highest BCUT2D eigenvalue weighted by molar-refractivity contribution is 7.79. The molecule has 0 aromatic carbocycles. The van der Waals surface area contributed by atoms with Gasteiger partial charge in [-0.3, -0.25) is 9.11 Å². The van der Waals surface area contributed by atoms with Gasteiger partial charge in [-0.2, -0.15) is 8.42 Å². The summed E-state index contributed by atoms with van der Waals surface area (Å²) in [5, 5.41) is 9.13. The number of aliphatic hydroxyl groups is 1. The molecule has 5 nitrogen and oxygen atoms in total. The van der Waals surface area contributed by atoms with E-state index in [4.69, 9.17) is 22.6 Å². The Balaban J connectivity index is 0. The Kier molecular flexibility index (Phi) is 16.2. The molecule has 0 amide bonds. The van der Waals surface area contributed by atoms with Gasteiger partial charge >= 0.3 is 10.4 Å². The van der Waals surface area contributed by atoms with Gasteiger partial charge in [0.05, 0.1) is 6.10 Å². The lowest BCUT2D eigenvalue weighted by atomic mass is 9.96. The van der Waals surface area contributed by atoms with Crippen molar-refractivity contribution in [1.29, 1.82) is 0 Å². The highest BCUT2D eigenvalue weighted by Crippen LogP contribution is 2.17. The third kappa shape index (κ3) is 33.0. The Morgan fingerprint density at radius 1 is 0.810 bits per heavy atom. The van der Waals surface area contributed by atoms with Crippen molar-refractivity contribution in [3.63, 3.8) is 0 Å². The van der Waals surface area contributed by atoms with Crippen molar-refractivity contribution in [3.8, 4) is 0 Å². The maximum Gasteiger partial charge on any atom is 0.394 e. The molecule has 0 aromatic heterocycles. The molecule has 0 saturated heterocycles. The molecule has 0 fully saturated rings. The molecule has 2 unspecified atom stereocenters. The van der Waals surface area contributed by atoms with Crippen molar-refractivity contribution in [3.05, 3.63) is 0 Å². The Bertz CT molecular complexity index is 293. The Morgan fingerprint density at radius 2 is 1.19 bits per heavy atom. The third-order valence-electron chi connectivity index (χ3n) is 3.37. The van der Waals surface area contributed by atoms with Crippen LogP contribution < -0.4 is 0 Å². The average Bonchev–Trinajstić information content (AvgIpc) is 2.32. The van der Waals surface area contributed by atoms with Gasteiger partial charge in [0.1, 0.15) is 0 Å². The van der Waals surface area contributed by atoms with Gasteiger partial charge in [-0.15, -0.1) is 0 Å². The van der Waals surface area contributed by atoms with E-state index in [-0.39, 0.29) is 6.10 Å². The summed E-state index contributed by atoms with van der Waals surface area (Å²) in [6.45, 7) is 6.54. The third-order valence-corrected chi connectivity index (χ3v) is 3.37. The standard InChI is InChI=1S/C15H32O.H2O4S/c1-4-5-6-8-11-14(2)12-9-7-10-13-15(3)16;1-5(2,3)4/h14-16H,4-13H2,1-3H3;(H2,1,2,3,4). The molecule has 0 spiro atoms. The highest BCUT2D eigenvalue weighted by atomic mass is 32.3. The van der Waals surface area contributed by atoms with Crippen molar-refractivity contribution in [2.45, 2.75) is 91.1 Å². The number of rotatable bonds is 11. The van der Waals surface area contributed by atoms with E-state index < -0.39 is 10.4 Å². The zero-order chi connectivity index (χ0) is 16.7. The van der Waals surface area contributed by atoms with Crippen LogP contribution in [0.2, 0.25) is 0 Å². The highest BCUT2D eigenvalue weighted by Gasteiger charge is 2.02. The lowest BCUT2D eigenvalue weighted by Crippen LogP contribution is -1.99. The summed E-state index contributed by atoms with van der Waals surface area (Å²) in [4.78, 5) is 0. The minimum atomic E-state index is -4.67. The monoisotopic (exact) mass is 326 g/mol. The second-order valence-electron chi connectivity index (χ2n) is 5.89. The fourth-order valence-corrected chi connectivity index (χ4v) is 2.17. The van der Waals surface area contributed by atoms with Gasteiger partial charge in [-0.25, -0.2) is 0 Å². The topological polar surface area (TPSA) is 94.8 Å². The maximum absolute atomic E-state index is 9.13. The summed E-state index contributed by atoms with van der Waals surface area (Å²) in [7, 11) is -4.67. The number of hydrogen-bond donors (Lipinski definition) is 3. The van der Waals surface area contributed by atoms with Crippen LogP contribution in [0, 0.1) is 5.92 Å². The molecular formula is C15H34O5S. The first-order valence-electron chi connectivity index (χ1n) is 8.04. The summed E-state index contributed by atoms with van der Waals surface area (Å²) >= 11 is 0. The van der Waals surface area contributed by atoms with Gasteiger partial charge in [-0.05, 0) is 19.3 Å². The molecule has 3 N–H and O–H groups in total. The molecule has 0 heterocycles. The van der Waals surface area contributed by atoms with Gasteiger partial charge in [-0.1, -0.05) is 71.6 Å². The van der Waals surface area contributed by atoms with E-state index in [1.165, 1.54) is 57.8 Å². The van der Waals surface area contributed by atoms with Crippen LogP contribution in [0.5, 0.6) is 0 Å². The number of aliphatic hydroxyl groups excluding tert-OH is 1. The van der Waals surface area contributed by atoms with E-state index in [0.717, 1.165) is 12.3 Å². The number of unbranched alkanes of at least 4 members (excludes halogenated alkanes) is 5. The summed E-state index contributed by atoms with van der Waals surface area (Å²) in [5.74, 6) is 0.906. The van der Waals surface area contributed by atoms with E-state index >= 15 is 0 Å². The average molecular weight is 326 g/mol. The van der Waals surface area contributed by atoms with E-state index in [1.54, 1.807) is 0 Å². The first kappa shape index (κ1) is 23.1. The second kappa shape index (κ2) is 14.8. The van der Waals surface area contributed by atoms with Crippen LogP contribution in [0.3, 0.4) is 0 Å². The van der Waals surface area contributed by atoms with Crippen LogP contribution in [-0.2, 0) is 10.4 Å². The van der Waals surface area contributed by atoms with Crippen LogP contribution >= 0.6 is 0 Å². The Labute approximate surface area is 130 Å². The summed E-state index contributed by atoms with van der Waals surface area (Å²) < 4.78 is 31.6. The van der Waals surface area contributed by atoms with Gasteiger partial charge in [0.15, 0.2) is 0 Å². The van der Waals surface area contributed by atoms with Crippen LogP contribution in [0.15, 0.2) is 0 Å². The van der Waals surface area contributed by atoms with Crippen LogP contribution in [0.4, 0.5) is 0 Å². The maximum atomic E-state index is 9.13. The SMILES string of the molecule is CCCCCCC(C)CCCCCC(C)O.O=S(=O)(O)O. The fraction of sp³-hybridized carbons (Fsp3) is 1.00. The van der Waals surface area contributed by atoms with Crippen LogP contribution in [0.1, 0.15) is 85.0 Å². The first-order valence-corrected chi connectivity index (χ1v) is 9.44. The van der Waals surface area contributed by atoms with Gasteiger partial charge in [0, 0.05) is 0 Å².